The van der Waals surface area contributed by atoms with E-state index in [2.05, 4.69) is 17.6 Å². The van der Waals surface area contributed by atoms with Gasteiger partial charge in [-0.1, -0.05) is 25.5 Å². The number of hydrogen-bond acceptors (Lipinski definition) is 3. The molecule has 0 radical (unpaired) electrons. The summed E-state index contributed by atoms with van der Waals surface area (Å²) < 4.78 is 18.3. The van der Waals surface area contributed by atoms with Crippen molar-refractivity contribution >= 4 is 11.6 Å². The molecule has 0 fully saturated rings. The lowest BCUT2D eigenvalue weighted by Gasteiger charge is -2.20. The van der Waals surface area contributed by atoms with E-state index < -0.39 is 6.04 Å². The van der Waals surface area contributed by atoms with Gasteiger partial charge in [0.05, 0.1) is 7.11 Å². The first-order chi connectivity index (χ1) is 11.6. The molecule has 24 heavy (non-hydrogen) atoms. The van der Waals surface area contributed by atoms with Gasteiger partial charge in [-0.05, 0) is 48.4 Å². The van der Waals surface area contributed by atoms with Gasteiger partial charge in [-0.3, -0.25) is 4.79 Å². The fourth-order valence-corrected chi connectivity index (χ4v) is 2.30. The Hall–Kier alpha value is -2.56. The molecule has 128 valence electrons. The highest BCUT2D eigenvalue weighted by molar-refractivity contribution is 5.86. The zero-order valence-corrected chi connectivity index (χ0v) is 14.0. The van der Waals surface area contributed by atoms with Crippen LogP contribution in [-0.4, -0.2) is 19.6 Å². The summed E-state index contributed by atoms with van der Waals surface area (Å²) in [6.45, 7) is 2.69. The Morgan fingerprint density at radius 2 is 1.79 bits per heavy atom. The lowest BCUT2D eigenvalue weighted by Crippen LogP contribution is -2.34. The molecule has 1 unspecified atom stereocenters. The highest BCUT2D eigenvalue weighted by atomic mass is 19.1. The van der Waals surface area contributed by atoms with Crippen LogP contribution < -0.4 is 15.4 Å². The average Bonchev–Trinajstić information content (AvgIpc) is 2.61. The van der Waals surface area contributed by atoms with Crippen LogP contribution in [0.1, 0.15) is 31.4 Å². The van der Waals surface area contributed by atoms with Crippen LogP contribution in [-0.2, 0) is 4.79 Å². The highest BCUT2D eigenvalue weighted by Gasteiger charge is 2.20. The molecule has 4 nitrogen and oxygen atoms in total. The number of anilines is 1. The van der Waals surface area contributed by atoms with Gasteiger partial charge in [0.1, 0.15) is 17.6 Å². The van der Waals surface area contributed by atoms with E-state index in [1.807, 2.05) is 24.3 Å². The highest BCUT2D eigenvalue weighted by Crippen LogP contribution is 2.22. The summed E-state index contributed by atoms with van der Waals surface area (Å²) in [4.78, 5) is 12.5. The number of hydrogen-bond donors (Lipinski definition) is 2. The number of benzene rings is 2. The van der Waals surface area contributed by atoms with Crippen LogP contribution in [0.15, 0.2) is 48.5 Å². The van der Waals surface area contributed by atoms with Gasteiger partial charge in [0.2, 0.25) is 5.91 Å². The van der Waals surface area contributed by atoms with Crippen LogP contribution in [0, 0.1) is 5.82 Å². The molecule has 0 aromatic heterocycles. The first-order valence-electron chi connectivity index (χ1n) is 8.07. The Labute approximate surface area is 142 Å². The van der Waals surface area contributed by atoms with Gasteiger partial charge in [-0.15, -0.1) is 0 Å². The second-order valence-electron chi connectivity index (χ2n) is 5.50. The van der Waals surface area contributed by atoms with E-state index in [-0.39, 0.29) is 11.7 Å². The summed E-state index contributed by atoms with van der Waals surface area (Å²) in [5.41, 5.74) is 1.50. The van der Waals surface area contributed by atoms with Crippen LogP contribution in [0.4, 0.5) is 10.1 Å². The van der Waals surface area contributed by atoms with Crippen molar-refractivity contribution in [3.8, 4) is 5.75 Å². The second-order valence-corrected chi connectivity index (χ2v) is 5.50. The van der Waals surface area contributed by atoms with Crippen molar-refractivity contribution in [1.29, 1.82) is 0 Å². The predicted octanol–water partition coefficient (Wildman–Crippen LogP) is 3.90. The van der Waals surface area contributed by atoms with Crippen molar-refractivity contribution in [1.82, 2.24) is 5.32 Å². The van der Waals surface area contributed by atoms with Gasteiger partial charge in [-0.25, -0.2) is 4.39 Å². The Balaban J connectivity index is 2.17. The fraction of sp³-hybridized carbons (Fsp3) is 0.316. The third-order valence-electron chi connectivity index (χ3n) is 3.70. The zero-order chi connectivity index (χ0) is 17.4. The van der Waals surface area contributed by atoms with Crippen LogP contribution in [0.25, 0.3) is 0 Å². The summed E-state index contributed by atoms with van der Waals surface area (Å²) in [6.07, 6.45) is 1.93. The molecule has 0 aliphatic heterocycles. The van der Waals surface area contributed by atoms with E-state index >= 15 is 0 Å². The van der Waals surface area contributed by atoms with E-state index in [4.69, 9.17) is 4.74 Å². The molecule has 0 aliphatic carbocycles. The quantitative estimate of drug-likeness (QED) is 0.722. The van der Waals surface area contributed by atoms with Crippen molar-refractivity contribution in [2.75, 3.05) is 19.0 Å². The normalized spacial score (nSPS) is 11.6. The number of carbonyl (C=O) groups excluding carboxylic acids is 1. The SMILES string of the molecule is CCCCNC(=O)C(Nc1ccc(OC)cc1)c1ccc(F)cc1. The van der Waals surface area contributed by atoms with Crippen LogP contribution in [0.5, 0.6) is 5.75 Å². The van der Waals surface area contributed by atoms with Crippen LogP contribution in [0.2, 0.25) is 0 Å². The Morgan fingerprint density at radius 1 is 1.12 bits per heavy atom. The monoisotopic (exact) mass is 330 g/mol. The van der Waals surface area contributed by atoms with Crippen molar-refractivity contribution in [2.45, 2.75) is 25.8 Å². The molecule has 1 amide bonds. The van der Waals surface area contributed by atoms with Gasteiger partial charge < -0.3 is 15.4 Å². The lowest BCUT2D eigenvalue weighted by molar-refractivity contribution is -0.121. The second kappa shape index (κ2) is 8.91. The molecular formula is C19H23FN2O2. The number of carbonyl (C=O) groups is 1. The maximum Gasteiger partial charge on any atom is 0.247 e. The molecule has 0 saturated heterocycles. The molecule has 0 saturated carbocycles. The van der Waals surface area contributed by atoms with Crippen LogP contribution in [0.3, 0.4) is 0 Å². The Bertz CT molecular complexity index is 641. The lowest BCUT2D eigenvalue weighted by atomic mass is 10.1. The van der Waals surface area contributed by atoms with Gasteiger partial charge >= 0.3 is 0 Å². The number of unbranched alkanes of at least 4 members (excludes halogenated alkanes) is 1. The van der Waals surface area contributed by atoms with Gasteiger partial charge in [0.25, 0.3) is 0 Å². The number of amides is 1. The topological polar surface area (TPSA) is 50.4 Å². The molecule has 0 heterocycles. The van der Waals surface area contributed by atoms with Gasteiger partial charge in [0, 0.05) is 12.2 Å². The molecular weight excluding hydrogens is 307 g/mol. The van der Waals surface area contributed by atoms with Crippen molar-refractivity contribution in [2.24, 2.45) is 0 Å². The molecule has 2 aromatic carbocycles. The minimum absolute atomic E-state index is 0.133. The van der Waals surface area contributed by atoms with Crippen molar-refractivity contribution in [3.63, 3.8) is 0 Å². The molecule has 0 spiro atoms. The first-order valence-corrected chi connectivity index (χ1v) is 8.07. The molecule has 1 atom stereocenters. The summed E-state index contributed by atoms with van der Waals surface area (Å²) in [5, 5.41) is 6.12. The number of halogens is 1. The van der Waals surface area contributed by atoms with E-state index in [0.717, 1.165) is 24.3 Å². The zero-order valence-electron chi connectivity index (χ0n) is 14.0. The summed E-state index contributed by atoms with van der Waals surface area (Å²) in [6, 6.07) is 12.7. The number of rotatable bonds is 8. The van der Waals surface area contributed by atoms with E-state index in [9.17, 15) is 9.18 Å². The Kier molecular flexibility index (Phi) is 6.61. The van der Waals surface area contributed by atoms with Crippen molar-refractivity contribution in [3.05, 3.63) is 59.9 Å². The fourth-order valence-electron chi connectivity index (χ4n) is 2.30. The molecule has 0 bridgehead atoms. The van der Waals surface area contributed by atoms with Crippen molar-refractivity contribution < 1.29 is 13.9 Å². The third-order valence-corrected chi connectivity index (χ3v) is 3.70. The summed E-state index contributed by atoms with van der Waals surface area (Å²) >= 11 is 0. The molecule has 2 N–H and O–H groups in total. The minimum Gasteiger partial charge on any atom is -0.497 e. The van der Waals surface area contributed by atoms with Crippen LogP contribution >= 0.6 is 0 Å². The van der Waals surface area contributed by atoms with E-state index in [0.29, 0.717) is 12.1 Å². The smallest absolute Gasteiger partial charge is 0.247 e. The Morgan fingerprint density at radius 3 is 2.38 bits per heavy atom. The molecule has 5 heteroatoms. The maximum absolute atomic E-state index is 13.2. The van der Waals surface area contributed by atoms with E-state index in [1.54, 1.807) is 19.2 Å². The predicted molar refractivity (Wildman–Crippen MR) is 93.7 cm³/mol. The summed E-state index contributed by atoms with van der Waals surface area (Å²) in [7, 11) is 1.60. The maximum atomic E-state index is 13.2. The molecule has 0 aliphatic rings. The third kappa shape index (κ3) is 4.98. The number of ether oxygens (including phenoxy) is 1. The molecule has 2 aromatic rings. The van der Waals surface area contributed by atoms with Gasteiger partial charge in [0.15, 0.2) is 0 Å². The van der Waals surface area contributed by atoms with E-state index in [1.165, 1.54) is 12.1 Å². The number of nitrogens with one attached hydrogen (secondary N) is 2. The standard InChI is InChI=1S/C19H23FN2O2/c1-3-4-13-21-19(23)18(14-5-7-15(20)8-6-14)22-16-9-11-17(24-2)12-10-16/h5-12,18,22H,3-4,13H2,1-2H3,(H,21,23). The summed E-state index contributed by atoms with van der Waals surface area (Å²) in [5.74, 6) is 0.283. The number of methoxy groups -OCH3 is 1. The molecule has 2 rings (SSSR count). The minimum atomic E-state index is -0.587. The van der Waals surface area contributed by atoms with Gasteiger partial charge in [-0.2, -0.15) is 0 Å². The average molecular weight is 330 g/mol. The first kappa shape index (κ1) is 17.8. The largest absolute Gasteiger partial charge is 0.497 e.